The fourth-order valence-corrected chi connectivity index (χ4v) is 1.63. The van der Waals surface area contributed by atoms with E-state index < -0.39 is 5.97 Å². The second kappa shape index (κ2) is 5.31. The molecule has 2 rings (SSSR count). The first-order valence-electron chi connectivity index (χ1n) is 5.71. The van der Waals surface area contributed by atoms with Crippen LogP contribution in [-0.4, -0.2) is 17.6 Å². The summed E-state index contributed by atoms with van der Waals surface area (Å²) in [6.07, 6.45) is 0. The fraction of sp³-hybridized carbons (Fsp3) is 0.143. The number of hydrogen-bond acceptors (Lipinski definition) is 4. The molecule has 0 aliphatic heterocycles. The Kier molecular flexibility index (Phi) is 3.57. The molecule has 1 aromatic carbocycles. The van der Waals surface area contributed by atoms with E-state index in [9.17, 15) is 4.79 Å². The summed E-state index contributed by atoms with van der Waals surface area (Å²) in [7, 11) is 0. The Morgan fingerprint density at radius 3 is 2.56 bits per heavy atom. The van der Waals surface area contributed by atoms with Gasteiger partial charge in [-0.1, -0.05) is 30.3 Å². The van der Waals surface area contributed by atoms with Gasteiger partial charge in [0.15, 0.2) is 0 Å². The molecule has 4 heteroatoms. The van der Waals surface area contributed by atoms with Crippen molar-refractivity contribution < 1.29 is 9.53 Å². The van der Waals surface area contributed by atoms with E-state index in [4.69, 9.17) is 10.5 Å². The number of carbonyl (C=O) groups excluding carboxylic acids is 1. The minimum absolute atomic E-state index is 0.190. The van der Waals surface area contributed by atoms with Crippen molar-refractivity contribution in [2.24, 2.45) is 0 Å². The second-order valence-electron chi connectivity index (χ2n) is 3.72. The van der Waals surface area contributed by atoms with Gasteiger partial charge in [-0.2, -0.15) is 0 Å². The van der Waals surface area contributed by atoms with Crippen LogP contribution in [0.2, 0.25) is 0 Å². The van der Waals surface area contributed by atoms with Crippen LogP contribution < -0.4 is 5.73 Å². The Morgan fingerprint density at radius 1 is 1.22 bits per heavy atom. The summed E-state index contributed by atoms with van der Waals surface area (Å²) in [5.74, 6) is -0.253. The Balaban J connectivity index is 2.34. The summed E-state index contributed by atoms with van der Waals surface area (Å²) in [6, 6.07) is 13.1. The smallest absolute Gasteiger partial charge is 0.341 e. The SMILES string of the molecule is CCOC(=O)c1ccc(-c2ccccc2)nc1N. The highest BCUT2D eigenvalue weighted by Crippen LogP contribution is 2.20. The van der Waals surface area contributed by atoms with Gasteiger partial charge in [0.05, 0.1) is 12.3 Å². The van der Waals surface area contributed by atoms with Crippen LogP contribution in [0.3, 0.4) is 0 Å². The molecule has 1 heterocycles. The van der Waals surface area contributed by atoms with Gasteiger partial charge >= 0.3 is 5.97 Å². The number of carbonyl (C=O) groups is 1. The largest absolute Gasteiger partial charge is 0.462 e. The second-order valence-corrected chi connectivity index (χ2v) is 3.72. The minimum Gasteiger partial charge on any atom is -0.462 e. The van der Waals surface area contributed by atoms with Gasteiger partial charge in [0.2, 0.25) is 0 Å². The maximum atomic E-state index is 11.6. The molecule has 0 bridgehead atoms. The normalized spacial score (nSPS) is 10.1. The number of aromatic nitrogens is 1. The highest BCUT2D eigenvalue weighted by molar-refractivity contribution is 5.94. The molecule has 0 fully saturated rings. The highest BCUT2D eigenvalue weighted by Gasteiger charge is 2.12. The number of rotatable bonds is 3. The van der Waals surface area contributed by atoms with Crippen LogP contribution in [0.1, 0.15) is 17.3 Å². The predicted molar refractivity (Wildman–Crippen MR) is 70.0 cm³/mol. The molecule has 0 saturated heterocycles. The van der Waals surface area contributed by atoms with Gasteiger partial charge in [0.25, 0.3) is 0 Å². The predicted octanol–water partition coefficient (Wildman–Crippen LogP) is 2.51. The first-order valence-corrected chi connectivity index (χ1v) is 5.71. The zero-order chi connectivity index (χ0) is 13.0. The lowest BCUT2D eigenvalue weighted by Crippen LogP contribution is -2.09. The molecule has 0 aliphatic rings. The van der Waals surface area contributed by atoms with Gasteiger partial charge in [0, 0.05) is 5.56 Å². The third-order valence-electron chi connectivity index (χ3n) is 2.49. The summed E-state index contributed by atoms with van der Waals surface area (Å²) in [5, 5.41) is 0. The van der Waals surface area contributed by atoms with Crippen molar-refractivity contribution in [2.45, 2.75) is 6.92 Å². The van der Waals surface area contributed by atoms with E-state index in [2.05, 4.69) is 4.98 Å². The lowest BCUT2D eigenvalue weighted by atomic mass is 10.1. The lowest BCUT2D eigenvalue weighted by molar-refractivity contribution is 0.0527. The Bertz CT molecular complexity index is 553. The van der Waals surface area contributed by atoms with Crippen molar-refractivity contribution in [3.8, 4) is 11.3 Å². The first kappa shape index (κ1) is 12.1. The number of nitrogens with zero attached hydrogens (tertiary/aromatic N) is 1. The number of nitrogen functional groups attached to an aromatic ring is 1. The molecular formula is C14H14N2O2. The molecule has 1 aromatic heterocycles. The van der Waals surface area contributed by atoms with Crippen LogP contribution in [0.25, 0.3) is 11.3 Å². The number of nitrogens with two attached hydrogens (primary N) is 1. The van der Waals surface area contributed by atoms with E-state index in [1.54, 1.807) is 19.1 Å². The van der Waals surface area contributed by atoms with E-state index in [1.807, 2.05) is 30.3 Å². The molecule has 2 N–H and O–H groups in total. The number of benzene rings is 1. The third-order valence-corrected chi connectivity index (χ3v) is 2.49. The van der Waals surface area contributed by atoms with Crippen molar-refractivity contribution in [1.82, 2.24) is 4.98 Å². The maximum absolute atomic E-state index is 11.6. The van der Waals surface area contributed by atoms with Crippen molar-refractivity contribution in [1.29, 1.82) is 0 Å². The van der Waals surface area contributed by atoms with Crippen molar-refractivity contribution >= 4 is 11.8 Å². The summed E-state index contributed by atoms with van der Waals surface area (Å²) in [4.78, 5) is 15.8. The number of pyridine rings is 1. The monoisotopic (exact) mass is 242 g/mol. The average Bonchev–Trinajstić information content (AvgIpc) is 2.40. The fourth-order valence-electron chi connectivity index (χ4n) is 1.63. The summed E-state index contributed by atoms with van der Waals surface area (Å²) < 4.78 is 4.90. The average molecular weight is 242 g/mol. The number of ether oxygens (including phenoxy) is 1. The summed E-state index contributed by atoms with van der Waals surface area (Å²) >= 11 is 0. The minimum atomic E-state index is -0.442. The van der Waals surface area contributed by atoms with E-state index >= 15 is 0 Å². The summed E-state index contributed by atoms with van der Waals surface area (Å²) in [5.41, 5.74) is 7.78. The standard InChI is InChI=1S/C14H14N2O2/c1-2-18-14(17)11-8-9-12(16-13(11)15)10-6-4-3-5-7-10/h3-9H,2H2,1H3,(H2,15,16). The third kappa shape index (κ3) is 2.48. The summed E-state index contributed by atoms with van der Waals surface area (Å²) in [6.45, 7) is 2.07. The molecule has 18 heavy (non-hydrogen) atoms. The molecule has 0 amide bonds. The van der Waals surface area contributed by atoms with Crippen LogP contribution in [0, 0.1) is 0 Å². The van der Waals surface area contributed by atoms with Crippen molar-refractivity contribution in [3.05, 3.63) is 48.0 Å². The van der Waals surface area contributed by atoms with Crippen LogP contribution in [0.15, 0.2) is 42.5 Å². The molecule has 0 unspecified atom stereocenters. The van der Waals surface area contributed by atoms with Gasteiger partial charge in [0.1, 0.15) is 11.4 Å². The molecular weight excluding hydrogens is 228 g/mol. The molecule has 0 radical (unpaired) electrons. The van der Waals surface area contributed by atoms with Gasteiger partial charge in [-0.05, 0) is 19.1 Å². The maximum Gasteiger partial charge on any atom is 0.341 e. The first-order chi connectivity index (χ1) is 8.72. The zero-order valence-electron chi connectivity index (χ0n) is 10.1. The van der Waals surface area contributed by atoms with E-state index in [0.717, 1.165) is 11.3 Å². The number of esters is 1. The molecule has 0 saturated carbocycles. The Labute approximate surface area is 105 Å². The topological polar surface area (TPSA) is 65.2 Å². The van der Waals surface area contributed by atoms with Gasteiger partial charge < -0.3 is 10.5 Å². The van der Waals surface area contributed by atoms with Crippen LogP contribution in [0.5, 0.6) is 0 Å². The molecule has 0 aliphatic carbocycles. The highest BCUT2D eigenvalue weighted by atomic mass is 16.5. The van der Waals surface area contributed by atoms with E-state index in [1.165, 1.54) is 0 Å². The Hall–Kier alpha value is -2.36. The van der Waals surface area contributed by atoms with E-state index in [0.29, 0.717) is 12.2 Å². The molecule has 0 spiro atoms. The Morgan fingerprint density at radius 2 is 1.94 bits per heavy atom. The molecule has 0 atom stereocenters. The van der Waals surface area contributed by atoms with Crippen LogP contribution in [0.4, 0.5) is 5.82 Å². The number of anilines is 1. The lowest BCUT2D eigenvalue weighted by Gasteiger charge is -2.06. The molecule has 2 aromatic rings. The van der Waals surface area contributed by atoms with Crippen molar-refractivity contribution in [2.75, 3.05) is 12.3 Å². The van der Waals surface area contributed by atoms with Crippen LogP contribution >= 0.6 is 0 Å². The number of hydrogen-bond donors (Lipinski definition) is 1. The van der Waals surface area contributed by atoms with Gasteiger partial charge in [-0.15, -0.1) is 0 Å². The van der Waals surface area contributed by atoms with E-state index in [-0.39, 0.29) is 5.82 Å². The molecule has 4 nitrogen and oxygen atoms in total. The zero-order valence-corrected chi connectivity index (χ0v) is 10.1. The van der Waals surface area contributed by atoms with Gasteiger partial charge in [-0.3, -0.25) is 0 Å². The van der Waals surface area contributed by atoms with Gasteiger partial charge in [-0.25, -0.2) is 9.78 Å². The van der Waals surface area contributed by atoms with Crippen LogP contribution in [-0.2, 0) is 4.74 Å². The quantitative estimate of drug-likeness (QED) is 0.840. The molecule has 92 valence electrons. The van der Waals surface area contributed by atoms with Crippen molar-refractivity contribution in [3.63, 3.8) is 0 Å².